The molecule has 0 unspecified atom stereocenters. The number of ether oxygens (including phenoxy) is 2. The maximum absolute atomic E-state index is 12.5. The first-order valence-corrected chi connectivity index (χ1v) is 10.9. The molecule has 6 nitrogen and oxygen atoms in total. The van der Waals surface area contributed by atoms with Crippen LogP contribution in [0.4, 0.5) is 5.69 Å². The van der Waals surface area contributed by atoms with E-state index in [1.165, 1.54) is 25.3 Å². The first kappa shape index (κ1) is 23.9. The topological polar surface area (TPSA) is 91.6 Å². The van der Waals surface area contributed by atoms with Gasteiger partial charge >= 0.3 is 0 Å². The van der Waals surface area contributed by atoms with Crippen LogP contribution in [0.1, 0.15) is 22.3 Å². The summed E-state index contributed by atoms with van der Waals surface area (Å²) in [5, 5.41) is 21.5. The highest BCUT2D eigenvalue weighted by Crippen LogP contribution is 2.38. The van der Waals surface area contributed by atoms with E-state index in [0.717, 1.165) is 16.7 Å². The molecular weight excluding hydrogens is 484 g/mol. The number of nitriles is 1. The van der Waals surface area contributed by atoms with Crippen LogP contribution in [0.5, 0.6) is 17.2 Å². The lowest BCUT2D eigenvalue weighted by Crippen LogP contribution is -2.13. The highest BCUT2D eigenvalue weighted by Gasteiger charge is 2.14. The van der Waals surface area contributed by atoms with Crippen LogP contribution < -0.4 is 14.8 Å². The number of amides is 1. The summed E-state index contributed by atoms with van der Waals surface area (Å²) in [4.78, 5) is 12.5. The summed E-state index contributed by atoms with van der Waals surface area (Å²) < 4.78 is 12.1. The Labute approximate surface area is 201 Å². The van der Waals surface area contributed by atoms with E-state index in [0.29, 0.717) is 33.8 Å². The second kappa shape index (κ2) is 10.7. The standard InChI is InChI=1S/C26H23BrN2O4/c1-16-8-17(2)10-19(9-16)15-33-25-23(27)12-18(13-24(25)32-3)11-20(14-28)26(31)29-21-4-6-22(30)7-5-21/h4-13,30H,15H2,1-3H3,(H,29,31)/b20-11+. The average molecular weight is 507 g/mol. The number of carbonyl (C=O) groups excluding carboxylic acids is 1. The molecule has 3 aromatic rings. The molecule has 3 aromatic carbocycles. The number of rotatable bonds is 7. The van der Waals surface area contributed by atoms with Gasteiger partial charge in [0.05, 0.1) is 11.6 Å². The smallest absolute Gasteiger partial charge is 0.266 e. The minimum absolute atomic E-state index is 0.0825. The zero-order valence-corrected chi connectivity index (χ0v) is 20.1. The van der Waals surface area contributed by atoms with E-state index in [4.69, 9.17) is 9.47 Å². The van der Waals surface area contributed by atoms with E-state index in [-0.39, 0.29) is 11.3 Å². The van der Waals surface area contributed by atoms with Crippen LogP contribution in [0.2, 0.25) is 0 Å². The zero-order valence-electron chi connectivity index (χ0n) is 18.5. The van der Waals surface area contributed by atoms with Crippen LogP contribution in [-0.4, -0.2) is 18.1 Å². The quantitative estimate of drug-likeness (QED) is 0.236. The Hall–Kier alpha value is -3.76. The van der Waals surface area contributed by atoms with Crippen molar-refractivity contribution >= 4 is 33.6 Å². The Morgan fingerprint density at radius 1 is 1.12 bits per heavy atom. The molecule has 0 aliphatic heterocycles. The van der Waals surface area contributed by atoms with Gasteiger partial charge in [0.1, 0.15) is 24.0 Å². The summed E-state index contributed by atoms with van der Waals surface area (Å²) in [5.74, 6) is 0.520. The molecule has 7 heteroatoms. The van der Waals surface area contributed by atoms with Crippen LogP contribution in [0.3, 0.4) is 0 Å². The van der Waals surface area contributed by atoms with Crippen molar-refractivity contribution in [3.63, 3.8) is 0 Å². The molecule has 0 fully saturated rings. The maximum atomic E-state index is 12.5. The molecule has 0 aromatic heterocycles. The van der Waals surface area contributed by atoms with Crippen LogP contribution in [0.15, 0.2) is 64.6 Å². The van der Waals surface area contributed by atoms with Crippen molar-refractivity contribution in [3.8, 4) is 23.3 Å². The molecule has 0 bridgehead atoms. The largest absolute Gasteiger partial charge is 0.508 e. The number of hydrogen-bond acceptors (Lipinski definition) is 5. The predicted octanol–water partition coefficient (Wildman–Crippen LogP) is 5.90. The molecular formula is C26H23BrN2O4. The van der Waals surface area contributed by atoms with Crippen molar-refractivity contribution < 1.29 is 19.4 Å². The first-order chi connectivity index (χ1) is 15.8. The summed E-state index contributed by atoms with van der Waals surface area (Å²) in [6, 6.07) is 17.6. The predicted molar refractivity (Wildman–Crippen MR) is 131 cm³/mol. The van der Waals surface area contributed by atoms with Gasteiger partial charge in [-0.25, -0.2) is 0 Å². The summed E-state index contributed by atoms with van der Waals surface area (Å²) in [6.07, 6.45) is 1.47. The minimum Gasteiger partial charge on any atom is -0.508 e. The lowest BCUT2D eigenvalue weighted by Gasteiger charge is -2.14. The monoisotopic (exact) mass is 506 g/mol. The molecule has 33 heavy (non-hydrogen) atoms. The zero-order chi connectivity index (χ0) is 24.0. The lowest BCUT2D eigenvalue weighted by atomic mass is 10.1. The number of nitrogens with zero attached hydrogens (tertiary/aromatic N) is 1. The second-order valence-corrected chi connectivity index (χ2v) is 8.34. The third kappa shape index (κ3) is 6.37. The van der Waals surface area contributed by atoms with E-state index in [9.17, 15) is 15.2 Å². The molecule has 168 valence electrons. The summed E-state index contributed by atoms with van der Waals surface area (Å²) in [6.45, 7) is 4.45. The summed E-state index contributed by atoms with van der Waals surface area (Å²) in [7, 11) is 1.53. The molecule has 0 saturated heterocycles. The fourth-order valence-corrected chi connectivity index (χ4v) is 3.90. The van der Waals surface area contributed by atoms with E-state index < -0.39 is 5.91 Å². The molecule has 1 amide bonds. The Kier molecular flexibility index (Phi) is 7.75. The number of methoxy groups -OCH3 is 1. The van der Waals surface area contributed by atoms with Crippen molar-refractivity contribution in [3.05, 3.63) is 86.9 Å². The number of aryl methyl sites for hydroxylation is 2. The third-order valence-corrected chi connectivity index (χ3v) is 5.31. The number of phenols is 1. The van der Waals surface area contributed by atoms with Gasteiger partial charge in [-0.15, -0.1) is 0 Å². The van der Waals surface area contributed by atoms with Gasteiger partial charge in [-0.1, -0.05) is 29.3 Å². The van der Waals surface area contributed by atoms with Gasteiger partial charge < -0.3 is 19.9 Å². The molecule has 0 aliphatic carbocycles. The molecule has 0 spiro atoms. The summed E-state index contributed by atoms with van der Waals surface area (Å²) in [5.41, 5.74) is 4.34. The fourth-order valence-electron chi connectivity index (χ4n) is 3.33. The fraction of sp³-hybridized carbons (Fsp3) is 0.154. The molecule has 0 atom stereocenters. The second-order valence-electron chi connectivity index (χ2n) is 7.49. The minimum atomic E-state index is -0.562. The molecule has 0 aliphatic rings. The first-order valence-electron chi connectivity index (χ1n) is 10.1. The number of halogens is 1. The van der Waals surface area contributed by atoms with Crippen molar-refractivity contribution in [1.82, 2.24) is 0 Å². The van der Waals surface area contributed by atoms with Gasteiger partial charge in [-0.2, -0.15) is 5.26 Å². The van der Waals surface area contributed by atoms with Crippen LogP contribution in [0, 0.1) is 25.2 Å². The van der Waals surface area contributed by atoms with E-state index in [1.54, 1.807) is 24.3 Å². The molecule has 2 N–H and O–H groups in total. The summed E-state index contributed by atoms with van der Waals surface area (Å²) >= 11 is 3.51. The molecule has 0 heterocycles. The van der Waals surface area contributed by atoms with Gasteiger partial charge in [-0.05, 0) is 83.4 Å². The van der Waals surface area contributed by atoms with E-state index >= 15 is 0 Å². The van der Waals surface area contributed by atoms with Crippen molar-refractivity contribution in [2.24, 2.45) is 0 Å². The average Bonchev–Trinajstić information content (AvgIpc) is 2.77. The van der Waals surface area contributed by atoms with Gasteiger partial charge in [0.15, 0.2) is 11.5 Å². The SMILES string of the molecule is COc1cc(/C=C(\C#N)C(=O)Nc2ccc(O)cc2)cc(Br)c1OCc1cc(C)cc(C)c1. The number of benzene rings is 3. The van der Waals surface area contributed by atoms with Crippen molar-refractivity contribution in [1.29, 1.82) is 5.26 Å². The maximum Gasteiger partial charge on any atom is 0.266 e. The van der Waals surface area contributed by atoms with Crippen LogP contribution in [0.25, 0.3) is 6.08 Å². The van der Waals surface area contributed by atoms with Gasteiger partial charge in [-0.3, -0.25) is 4.79 Å². The normalized spacial score (nSPS) is 10.9. The Balaban J connectivity index is 1.82. The Bertz CT molecular complexity index is 1220. The number of phenolic OH excluding ortho intramolecular Hbond substituents is 1. The number of nitrogens with one attached hydrogen (secondary N) is 1. The number of hydrogen-bond donors (Lipinski definition) is 2. The lowest BCUT2D eigenvalue weighted by molar-refractivity contribution is -0.112. The van der Waals surface area contributed by atoms with E-state index in [1.807, 2.05) is 19.9 Å². The van der Waals surface area contributed by atoms with Gasteiger partial charge in [0, 0.05) is 5.69 Å². The molecule has 3 rings (SSSR count). The van der Waals surface area contributed by atoms with Crippen LogP contribution >= 0.6 is 15.9 Å². The number of carbonyl (C=O) groups is 1. The van der Waals surface area contributed by atoms with Crippen LogP contribution in [-0.2, 0) is 11.4 Å². The molecule has 0 saturated carbocycles. The third-order valence-electron chi connectivity index (χ3n) is 4.72. The Morgan fingerprint density at radius 3 is 2.39 bits per heavy atom. The highest BCUT2D eigenvalue weighted by molar-refractivity contribution is 9.10. The van der Waals surface area contributed by atoms with Gasteiger partial charge in [0.25, 0.3) is 5.91 Å². The van der Waals surface area contributed by atoms with Crippen molar-refractivity contribution in [2.75, 3.05) is 12.4 Å². The number of anilines is 1. The Morgan fingerprint density at radius 2 is 1.79 bits per heavy atom. The van der Waals surface area contributed by atoms with Gasteiger partial charge in [0.2, 0.25) is 0 Å². The van der Waals surface area contributed by atoms with Crippen molar-refractivity contribution in [2.45, 2.75) is 20.5 Å². The number of aromatic hydroxyl groups is 1. The van der Waals surface area contributed by atoms with E-state index in [2.05, 4.69) is 39.4 Å². The molecule has 0 radical (unpaired) electrons. The highest BCUT2D eigenvalue weighted by atomic mass is 79.9.